The quantitative estimate of drug-likeness (QED) is 0.0897. The van der Waals surface area contributed by atoms with Crippen molar-refractivity contribution in [2.24, 2.45) is 0 Å². The van der Waals surface area contributed by atoms with Crippen molar-refractivity contribution >= 4 is 65.4 Å². The summed E-state index contributed by atoms with van der Waals surface area (Å²) in [5, 5.41) is 6.44. The van der Waals surface area contributed by atoms with E-state index in [1.54, 1.807) is 0 Å². The highest BCUT2D eigenvalue weighted by molar-refractivity contribution is 6.12. The second-order valence-corrected chi connectivity index (χ2v) is 33.6. The van der Waals surface area contributed by atoms with Gasteiger partial charge in [0.2, 0.25) is 0 Å². The molecule has 0 spiro atoms. The highest BCUT2D eigenvalue weighted by Crippen LogP contribution is 2.43. The lowest BCUT2D eigenvalue weighted by molar-refractivity contribution is 1.07. The van der Waals surface area contributed by atoms with Crippen LogP contribution in [0.1, 0.15) is 17.1 Å². The third-order valence-corrected chi connectivity index (χ3v) is 24.5. The van der Waals surface area contributed by atoms with Crippen LogP contribution in [0.5, 0.6) is 0 Å². The second-order valence-electron chi connectivity index (χ2n) is 33.6. The smallest absolute Gasteiger partial charge is 0.164 e. The Hall–Kier alpha value is -18.0. The van der Waals surface area contributed by atoms with Crippen molar-refractivity contribution in [2.75, 3.05) is 0 Å². The Morgan fingerprint density at radius 3 is 0.696 bits per heavy atom. The first-order chi connectivity index (χ1) is 66.6. The van der Waals surface area contributed by atoms with Crippen LogP contribution in [0.4, 0.5) is 0 Å². The minimum atomic E-state index is 0.629. The highest BCUT2D eigenvalue weighted by Gasteiger charge is 2.22. The average Bonchev–Trinajstić information content (AvgIpc) is 0.758. The molecule has 0 bridgehead atoms. The molecule has 0 aliphatic carbocycles. The molecule has 135 heavy (non-hydrogen) atoms. The fraction of sp³-hybridized carbons (Fsp3) is 0.0244. The van der Waals surface area contributed by atoms with Gasteiger partial charge in [-0.1, -0.05) is 388 Å². The van der Waals surface area contributed by atoms with E-state index in [0.717, 1.165) is 228 Å². The van der Waals surface area contributed by atoms with Gasteiger partial charge in [0.15, 0.2) is 23.3 Å². The molecule has 12 nitrogen and oxygen atoms in total. The number of nitrogens with zero attached hydrogens (tertiary/aromatic N) is 12. The van der Waals surface area contributed by atoms with Crippen LogP contribution in [0, 0.1) is 20.8 Å². The van der Waals surface area contributed by atoms with Gasteiger partial charge in [0.1, 0.15) is 0 Å². The summed E-state index contributed by atoms with van der Waals surface area (Å²) in [6.07, 6.45) is 0. The summed E-state index contributed by atoms with van der Waals surface area (Å²) < 4.78 is 0. The first-order valence-electron chi connectivity index (χ1n) is 45.2. The molecule has 0 aliphatic heterocycles. The van der Waals surface area contributed by atoms with E-state index < -0.39 is 0 Å². The summed E-state index contributed by atoms with van der Waals surface area (Å²) in [5.41, 5.74) is 34.9. The fourth-order valence-electron chi connectivity index (χ4n) is 17.6. The summed E-state index contributed by atoms with van der Waals surface area (Å²) in [7, 11) is 0. The van der Waals surface area contributed by atoms with Crippen molar-refractivity contribution in [3.8, 4) is 169 Å². The van der Waals surface area contributed by atoms with Gasteiger partial charge >= 0.3 is 0 Å². The second kappa shape index (κ2) is 36.9. The number of benzene rings is 15. The molecule has 24 aromatic rings. The summed E-state index contributed by atoms with van der Waals surface area (Å²) >= 11 is 0. The van der Waals surface area contributed by atoms with Crippen molar-refractivity contribution in [3.05, 3.63) is 472 Å². The molecule has 0 fully saturated rings. The molecule has 9 aromatic heterocycles. The monoisotopic (exact) mass is 1730 g/mol. The number of aryl methyl sites for hydroxylation is 3. The normalized spacial score (nSPS) is 11.2. The van der Waals surface area contributed by atoms with Gasteiger partial charge in [-0.25, -0.2) is 44.9 Å². The van der Waals surface area contributed by atoms with E-state index in [1.165, 1.54) is 0 Å². The third kappa shape index (κ3) is 17.4. The molecule has 0 unspecified atom stereocenters. The SMILES string of the molecule is Cc1ccc2ccc3c(-c4ccc(-c5nc(-c6ccccc6)nc(-c6ccccc6)n5)cc4)cc(-c4ccccc4)nc3c2n1.Cc1ccc2ccc3c(-c4cccc(-c5cc(-c6ccccc6)cc(-c6ccccc6)n5)c4)cc(-c4ccccc4)nc3c2n1.Cc1ccc2ccc3c(-c4cccc(-c5cc(-c6ccccc6)nc(-c6ccccc6)n5)c4)cc(-c4ccccc4)nc3c2n1. The van der Waals surface area contributed by atoms with Crippen LogP contribution < -0.4 is 0 Å². The molecule has 0 aliphatic rings. The van der Waals surface area contributed by atoms with Gasteiger partial charge < -0.3 is 0 Å². The van der Waals surface area contributed by atoms with Gasteiger partial charge in [-0.3, -0.25) is 15.0 Å². The van der Waals surface area contributed by atoms with E-state index in [-0.39, 0.29) is 0 Å². The van der Waals surface area contributed by atoms with Crippen molar-refractivity contribution in [1.82, 2.24) is 59.8 Å². The number of hydrogen-bond donors (Lipinski definition) is 0. The molecule has 0 radical (unpaired) electrons. The standard InChI is InChI=1S/C42H29N3.C41H28N4.C40H27N5/c1-28-20-21-32-22-23-36-37(27-40(31-16-9-4-10-17-31)45-42(36)41(32)43-28)33-18-11-19-34(24-33)39-26-35(29-12-5-2-6-13-29)25-38(44-39)30-14-7-3-8-15-30;1-27-20-21-30-22-23-34-35(25-36(28-12-5-2-6-13-28)43-40(34)39(30)42-27)32-18-11-19-33(24-32)38-26-37(29-14-7-3-8-15-29)44-41(45-38)31-16-9-4-10-17-31;1-26-17-18-29-23-24-33-34(25-35(28-11-5-2-6-12-28)42-37(33)36(29)41-26)27-19-21-32(22-20-27)40-44-38(30-13-7-3-8-14-30)43-39(45-40)31-15-9-4-10-16-31/h2-27H,1H3;2-26H,1H3;2-25H,1H3. The molecule has 15 aromatic carbocycles. The lowest BCUT2D eigenvalue weighted by atomic mass is 9.94. The Labute approximate surface area is 781 Å². The van der Waals surface area contributed by atoms with Crippen molar-refractivity contribution in [2.45, 2.75) is 20.8 Å². The largest absolute Gasteiger partial charge is 0.251 e. The average molecular weight is 1730 g/mol. The van der Waals surface area contributed by atoms with Crippen LogP contribution in [0.15, 0.2) is 455 Å². The minimum Gasteiger partial charge on any atom is -0.251 e. The number of aromatic nitrogens is 12. The summed E-state index contributed by atoms with van der Waals surface area (Å²) in [5.74, 6) is 2.62. The number of hydrogen-bond acceptors (Lipinski definition) is 12. The van der Waals surface area contributed by atoms with E-state index in [4.69, 9.17) is 59.8 Å². The third-order valence-electron chi connectivity index (χ3n) is 24.5. The zero-order valence-corrected chi connectivity index (χ0v) is 74.2. The first kappa shape index (κ1) is 82.7. The van der Waals surface area contributed by atoms with Gasteiger partial charge in [-0.05, 0) is 132 Å². The highest BCUT2D eigenvalue weighted by atomic mass is 15.0. The predicted octanol–water partition coefficient (Wildman–Crippen LogP) is 30.6. The van der Waals surface area contributed by atoms with E-state index in [0.29, 0.717) is 23.3 Å². The van der Waals surface area contributed by atoms with Gasteiger partial charge in [0.05, 0.1) is 73.0 Å². The van der Waals surface area contributed by atoms with Crippen molar-refractivity contribution < 1.29 is 0 Å². The molecule has 0 saturated heterocycles. The summed E-state index contributed by atoms with van der Waals surface area (Å²) in [6.45, 7) is 6.08. The Bertz CT molecular complexity index is 8010. The number of fused-ring (bicyclic) bond motifs is 9. The number of rotatable bonds is 15. The zero-order valence-electron chi connectivity index (χ0n) is 74.2. The maximum atomic E-state index is 5.20. The lowest BCUT2D eigenvalue weighted by Gasteiger charge is -2.14. The fourth-order valence-corrected chi connectivity index (χ4v) is 17.6. The Morgan fingerprint density at radius 2 is 0.363 bits per heavy atom. The zero-order chi connectivity index (χ0) is 90.5. The first-order valence-corrected chi connectivity index (χ1v) is 45.2. The maximum Gasteiger partial charge on any atom is 0.164 e. The van der Waals surface area contributed by atoms with Crippen LogP contribution in [-0.4, -0.2) is 59.8 Å². The molecule has 24 rings (SSSR count). The van der Waals surface area contributed by atoms with Gasteiger partial charge in [-0.15, -0.1) is 0 Å². The van der Waals surface area contributed by atoms with Gasteiger partial charge in [-0.2, -0.15) is 0 Å². The van der Waals surface area contributed by atoms with E-state index in [9.17, 15) is 0 Å². The van der Waals surface area contributed by atoms with Crippen LogP contribution >= 0.6 is 0 Å². The van der Waals surface area contributed by atoms with E-state index in [1.807, 2.05) is 160 Å². The van der Waals surface area contributed by atoms with Crippen LogP contribution in [-0.2, 0) is 0 Å². The number of pyridine rings is 7. The Balaban J connectivity index is 0.000000118. The maximum absolute atomic E-state index is 5.20. The van der Waals surface area contributed by atoms with Gasteiger partial charge in [0, 0.05) is 111 Å². The molecular formula is C123H84N12. The molecule has 0 amide bonds. The summed E-state index contributed by atoms with van der Waals surface area (Å²) in [6, 6.07) is 157. The molecule has 0 N–H and O–H groups in total. The molecule has 0 atom stereocenters. The molecule has 12 heteroatoms. The van der Waals surface area contributed by atoms with Crippen LogP contribution in [0.3, 0.4) is 0 Å². The Morgan fingerprint density at radius 1 is 0.126 bits per heavy atom. The summed E-state index contributed by atoms with van der Waals surface area (Å²) in [4.78, 5) is 60.2. The van der Waals surface area contributed by atoms with Crippen molar-refractivity contribution in [3.63, 3.8) is 0 Å². The minimum absolute atomic E-state index is 0.629. The van der Waals surface area contributed by atoms with Crippen LogP contribution in [0.25, 0.3) is 234 Å². The van der Waals surface area contributed by atoms with Gasteiger partial charge in [0.25, 0.3) is 0 Å². The molecule has 636 valence electrons. The molecular weight excluding hydrogens is 1650 g/mol. The van der Waals surface area contributed by atoms with E-state index in [2.05, 4.69) is 315 Å². The lowest BCUT2D eigenvalue weighted by Crippen LogP contribution is -2.00. The molecule has 9 heterocycles. The van der Waals surface area contributed by atoms with E-state index >= 15 is 0 Å². The molecule has 0 saturated carbocycles. The predicted molar refractivity (Wildman–Crippen MR) is 554 cm³/mol. The van der Waals surface area contributed by atoms with Crippen molar-refractivity contribution in [1.29, 1.82) is 0 Å². The topological polar surface area (TPSA) is 155 Å². The van der Waals surface area contributed by atoms with Crippen LogP contribution in [0.2, 0.25) is 0 Å². The Kier molecular flexibility index (Phi) is 22.6.